The van der Waals surface area contributed by atoms with E-state index in [4.69, 9.17) is 0 Å². The fraction of sp³-hybridized carbons (Fsp3) is 0.750. The van der Waals surface area contributed by atoms with E-state index in [0.29, 0.717) is 6.04 Å². The first-order valence-corrected chi connectivity index (χ1v) is 7.20. The Morgan fingerprint density at radius 3 is 2.76 bits per heavy atom. The van der Waals surface area contributed by atoms with Crippen LogP contribution in [0.1, 0.15) is 19.5 Å². The fourth-order valence-corrected chi connectivity index (χ4v) is 2.35. The van der Waals surface area contributed by atoms with E-state index in [2.05, 4.69) is 35.8 Å². The molecule has 4 nitrogen and oxygen atoms in total. The molecule has 0 saturated carbocycles. The average molecular weight is 256 g/mol. The molecule has 0 aromatic carbocycles. The maximum atomic E-state index is 4.40. The van der Waals surface area contributed by atoms with Crippen molar-refractivity contribution in [2.75, 3.05) is 30.5 Å². The lowest BCUT2D eigenvalue weighted by atomic mass is 10.3. The highest BCUT2D eigenvalue weighted by atomic mass is 32.2. The minimum atomic E-state index is 0.539. The van der Waals surface area contributed by atoms with Gasteiger partial charge in [-0.3, -0.25) is 0 Å². The Labute approximate surface area is 109 Å². The van der Waals surface area contributed by atoms with Crippen LogP contribution in [0, 0.1) is 0 Å². The number of nitrogens with zero attached hydrogens (tertiary/aromatic N) is 3. The Hall–Kier alpha value is -0.680. The number of rotatable bonds is 7. The molecule has 98 valence electrons. The van der Waals surface area contributed by atoms with Gasteiger partial charge < -0.3 is 14.8 Å². The fourth-order valence-electron chi connectivity index (χ4n) is 1.65. The van der Waals surface area contributed by atoms with Gasteiger partial charge in [-0.15, -0.1) is 0 Å². The minimum absolute atomic E-state index is 0.539. The van der Waals surface area contributed by atoms with Gasteiger partial charge in [-0.05, 0) is 12.7 Å². The summed E-state index contributed by atoms with van der Waals surface area (Å²) in [6.07, 6.45) is 1.95. The van der Waals surface area contributed by atoms with Gasteiger partial charge in [-0.25, -0.2) is 4.98 Å². The zero-order chi connectivity index (χ0) is 12.8. The Morgan fingerprint density at radius 1 is 1.53 bits per heavy atom. The van der Waals surface area contributed by atoms with Crippen molar-refractivity contribution in [2.45, 2.75) is 26.4 Å². The number of aromatic nitrogens is 2. The SMILES string of the molecule is CCSCC(C)NCc1cnc(N(C)C)n1C. The van der Waals surface area contributed by atoms with E-state index in [1.165, 1.54) is 11.4 Å². The predicted octanol–water partition coefficient (Wildman–Crippen LogP) is 1.72. The molecule has 1 heterocycles. The zero-order valence-corrected chi connectivity index (χ0v) is 12.3. The molecule has 1 N–H and O–H groups in total. The highest BCUT2D eigenvalue weighted by molar-refractivity contribution is 7.99. The van der Waals surface area contributed by atoms with Crippen molar-refractivity contribution in [3.63, 3.8) is 0 Å². The van der Waals surface area contributed by atoms with Crippen molar-refractivity contribution in [1.82, 2.24) is 14.9 Å². The van der Waals surface area contributed by atoms with Crippen LogP contribution >= 0.6 is 11.8 Å². The second kappa shape index (κ2) is 6.91. The third kappa shape index (κ3) is 4.24. The van der Waals surface area contributed by atoms with Gasteiger partial charge in [0.25, 0.3) is 0 Å². The van der Waals surface area contributed by atoms with Crippen LogP contribution in [0.4, 0.5) is 5.95 Å². The summed E-state index contributed by atoms with van der Waals surface area (Å²) in [5, 5.41) is 3.53. The largest absolute Gasteiger partial charge is 0.348 e. The van der Waals surface area contributed by atoms with E-state index in [1.54, 1.807) is 0 Å². The van der Waals surface area contributed by atoms with Crippen molar-refractivity contribution in [2.24, 2.45) is 7.05 Å². The summed E-state index contributed by atoms with van der Waals surface area (Å²) in [6.45, 7) is 5.30. The summed E-state index contributed by atoms with van der Waals surface area (Å²) in [4.78, 5) is 6.43. The lowest BCUT2D eigenvalue weighted by Gasteiger charge is -2.15. The van der Waals surface area contributed by atoms with Gasteiger partial charge in [0.1, 0.15) is 0 Å². The van der Waals surface area contributed by atoms with Crippen LogP contribution in [-0.2, 0) is 13.6 Å². The van der Waals surface area contributed by atoms with E-state index < -0.39 is 0 Å². The molecular formula is C12H24N4S. The third-order valence-corrected chi connectivity index (χ3v) is 3.81. The van der Waals surface area contributed by atoms with Crippen LogP contribution < -0.4 is 10.2 Å². The number of nitrogens with one attached hydrogen (secondary N) is 1. The molecule has 0 aliphatic carbocycles. The number of hydrogen-bond acceptors (Lipinski definition) is 4. The maximum absolute atomic E-state index is 4.40. The number of hydrogen-bond donors (Lipinski definition) is 1. The van der Waals surface area contributed by atoms with Gasteiger partial charge in [-0.1, -0.05) is 6.92 Å². The van der Waals surface area contributed by atoms with Gasteiger partial charge in [0.2, 0.25) is 5.95 Å². The first-order chi connectivity index (χ1) is 8.06. The molecule has 0 aliphatic heterocycles. The van der Waals surface area contributed by atoms with Crippen LogP contribution in [-0.4, -0.2) is 41.2 Å². The Balaban J connectivity index is 2.46. The summed E-state index contributed by atoms with van der Waals surface area (Å²) in [5.74, 6) is 3.34. The van der Waals surface area contributed by atoms with Crippen LogP contribution in [0.3, 0.4) is 0 Å². The average Bonchev–Trinajstić information content (AvgIpc) is 2.65. The summed E-state index contributed by atoms with van der Waals surface area (Å²) < 4.78 is 2.13. The maximum Gasteiger partial charge on any atom is 0.204 e. The lowest BCUT2D eigenvalue weighted by molar-refractivity contribution is 0.577. The molecule has 0 bridgehead atoms. The molecule has 0 spiro atoms. The van der Waals surface area contributed by atoms with Gasteiger partial charge in [0, 0.05) is 39.5 Å². The monoisotopic (exact) mass is 256 g/mol. The van der Waals surface area contributed by atoms with E-state index in [0.717, 1.165) is 18.2 Å². The number of thioether (sulfide) groups is 1. The van der Waals surface area contributed by atoms with Crippen LogP contribution in [0.25, 0.3) is 0 Å². The van der Waals surface area contributed by atoms with Crippen molar-refractivity contribution < 1.29 is 0 Å². The molecule has 0 fully saturated rings. The standard InChI is InChI=1S/C12H24N4S/c1-6-17-9-10(2)13-7-11-8-14-12(15(3)4)16(11)5/h8,10,13H,6-7,9H2,1-5H3. The Morgan fingerprint density at radius 2 is 2.24 bits per heavy atom. The molecule has 1 aromatic heterocycles. The first kappa shape index (κ1) is 14.4. The normalized spacial score (nSPS) is 12.8. The summed E-state index contributed by atoms with van der Waals surface area (Å²) in [7, 11) is 6.09. The zero-order valence-electron chi connectivity index (χ0n) is 11.5. The molecule has 5 heteroatoms. The van der Waals surface area contributed by atoms with E-state index in [-0.39, 0.29) is 0 Å². The molecule has 17 heavy (non-hydrogen) atoms. The van der Waals surface area contributed by atoms with Crippen molar-refractivity contribution in [3.8, 4) is 0 Å². The topological polar surface area (TPSA) is 33.1 Å². The van der Waals surface area contributed by atoms with Crippen molar-refractivity contribution >= 4 is 17.7 Å². The van der Waals surface area contributed by atoms with Gasteiger partial charge in [-0.2, -0.15) is 11.8 Å². The molecule has 0 radical (unpaired) electrons. The van der Waals surface area contributed by atoms with Crippen molar-refractivity contribution in [1.29, 1.82) is 0 Å². The number of anilines is 1. The molecule has 0 aliphatic rings. The minimum Gasteiger partial charge on any atom is -0.348 e. The number of imidazole rings is 1. The molecule has 1 atom stereocenters. The van der Waals surface area contributed by atoms with Crippen LogP contribution in [0.5, 0.6) is 0 Å². The molecule has 1 aromatic rings. The van der Waals surface area contributed by atoms with Gasteiger partial charge >= 0.3 is 0 Å². The summed E-state index contributed by atoms with van der Waals surface area (Å²) in [6, 6.07) is 0.539. The summed E-state index contributed by atoms with van der Waals surface area (Å²) >= 11 is 1.97. The van der Waals surface area contributed by atoms with E-state index >= 15 is 0 Å². The third-order valence-electron chi connectivity index (χ3n) is 2.66. The highest BCUT2D eigenvalue weighted by Crippen LogP contribution is 2.11. The molecule has 0 amide bonds. The van der Waals surface area contributed by atoms with Crippen molar-refractivity contribution in [3.05, 3.63) is 11.9 Å². The summed E-state index contributed by atoms with van der Waals surface area (Å²) in [5.41, 5.74) is 1.22. The second-order valence-corrected chi connectivity index (χ2v) is 5.76. The highest BCUT2D eigenvalue weighted by Gasteiger charge is 2.08. The molecule has 1 rings (SSSR count). The molecular weight excluding hydrogens is 232 g/mol. The lowest BCUT2D eigenvalue weighted by Crippen LogP contribution is -2.28. The smallest absolute Gasteiger partial charge is 0.204 e. The van der Waals surface area contributed by atoms with Gasteiger partial charge in [0.15, 0.2) is 0 Å². The second-order valence-electron chi connectivity index (χ2n) is 4.44. The van der Waals surface area contributed by atoms with Gasteiger partial charge in [0.05, 0.1) is 11.9 Å². The Kier molecular flexibility index (Phi) is 5.85. The first-order valence-electron chi connectivity index (χ1n) is 6.05. The quantitative estimate of drug-likeness (QED) is 0.805. The predicted molar refractivity (Wildman–Crippen MR) is 76.8 cm³/mol. The molecule has 1 unspecified atom stereocenters. The van der Waals surface area contributed by atoms with E-state index in [1.807, 2.05) is 37.0 Å². The molecule has 0 saturated heterocycles. The van der Waals surface area contributed by atoms with E-state index in [9.17, 15) is 0 Å². The van der Waals surface area contributed by atoms with Crippen LogP contribution in [0.15, 0.2) is 6.20 Å². The van der Waals surface area contributed by atoms with Crippen LogP contribution in [0.2, 0.25) is 0 Å². The Bertz CT molecular complexity index is 335.